The molecule has 0 saturated heterocycles. The second kappa shape index (κ2) is 5.66. The summed E-state index contributed by atoms with van der Waals surface area (Å²) in [7, 11) is 0. The second-order valence-corrected chi connectivity index (χ2v) is 6.08. The minimum Gasteiger partial charge on any atom is -0.486 e. The van der Waals surface area contributed by atoms with Crippen molar-refractivity contribution < 1.29 is 19.1 Å². The summed E-state index contributed by atoms with van der Waals surface area (Å²) in [5.41, 5.74) is -0.716. The largest absolute Gasteiger partial charge is 0.486 e. The maximum atomic E-state index is 12.1. The van der Waals surface area contributed by atoms with Crippen molar-refractivity contribution in [2.45, 2.75) is 38.4 Å². The van der Waals surface area contributed by atoms with Crippen LogP contribution in [0.4, 0.5) is 0 Å². The van der Waals surface area contributed by atoms with E-state index in [0.29, 0.717) is 16.9 Å². The van der Waals surface area contributed by atoms with Gasteiger partial charge in [0.2, 0.25) is 0 Å². The fourth-order valence-electron chi connectivity index (χ4n) is 2.78. The third kappa shape index (κ3) is 2.92. The third-order valence-electron chi connectivity index (χ3n) is 4.08. The Balaban J connectivity index is 1.92. The van der Waals surface area contributed by atoms with E-state index in [4.69, 9.17) is 9.15 Å². The van der Waals surface area contributed by atoms with Crippen molar-refractivity contribution in [3.8, 4) is 5.75 Å². The lowest BCUT2D eigenvalue weighted by Gasteiger charge is -2.28. The Bertz CT molecular complexity index is 844. The van der Waals surface area contributed by atoms with Gasteiger partial charge >= 0.3 is 5.63 Å². The van der Waals surface area contributed by atoms with Gasteiger partial charge in [0.05, 0.1) is 10.9 Å². The van der Waals surface area contributed by atoms with Gasteiger partial charge in [-0.05, 0) is 38.5 Å². The first kappa shape index (κ1) is 15.5. The van der Waals surface area contributed by atoms with Gasteiger partial charge in [-0.1, -0.05) is 18.2 Å². The minimum absolute atomic E-state index is 0.0805. The summed E-state index contributed by atoms with van der Waals surface area (Å²) in [6.45, 7) is 3.09. The molecule has 0 unspecified atom stereocenters. The van der Waals surface area contributed by atoms with E-state index in [-0.39, 0.29) is 18.6 Å². The second-order valence-electron chi connectivity index (χ2n) is 6.08. The van der Waals surface area contributed by atoms with Crippen molar-refractivity contribution in [2.75, 3.05) is 0 Å². The summed E-state index contributed by atoms with van der Waals surface area (Å²) < 4.78 is 11.2. The van der Waals surface area contributed by atoms with Gasteiger partial charge in [0.1, 0.15) is 23.0 Å². The van der Waals surface area contributed by atoms with Crippen molar-refractivity contribution in [3.05, 3.63) is 52.4 Å². The van der Waals surface area contributed by atoms with Crippen LogP contribution >= 0.6 is 0 Å². The SMILES string of the molecule is CC(=O)C=CC[C@](C)(O)[C@H]1Cc2c(c3ccccc3oc2=O)O1. The van der Waals surface area contributed by atoms with Gasteiger partial charge in [-0.2, -0.15) is 0 Å². The first-order chi connectivity index (χ1) is 10.9. The first-order valence-electron chi connectivity index (χ1n) is 7.49. The average Bonchev–Trinajstić information content (AvgIpc) is 2.93. The summed E-state index contributed by atoms with van der Waals surface area (Å²) in [6, 6.07) is 7.16. The van der Waals surface area contributed by atoms with Gasteiger partial charge in [0, 0.05) is 6.42 Å². The topological polar surface area (TPSA) is 76.7 Å². The summed E-state index contributed by atoms with van der Waals surface area (Å²) in [6.07, 6.45) is 3.01. The van der Waals surface area contributed by atoms with Crippen LogP contribution in [0.5, 0.6) is 5.75 Å². The Morgan fingerprint density at radius 2 is 2.17 bits per heavy atom. The molecule has 1 aromatic carbocycles. The van der Waals surface area contributed by atoms with Crippen LogP contribution in [0.2, 0.25) is 0 Å². The van der Waals surface area contributed by atoms with Crippen LogP contribution in [0.1, 0.15) is 25.8 Å². The van der Waals surface area contributed by atoms with Crippen LogP contribution in [0.15, 0.2) is 45.6 Å². The number of carbonyl (C=O) groups is 1. The number of allylic oxidation sites excluding steroid dienone is 1. The number of rotatable bonds is 4. The normalized spacial score (nSPS) is 19.5. The smallest absolute Gasteiger partial charge is 0.343 e. The fourth-order valence-corrected chi connectivity index (χ4v) is 2.78. The first-order valence-corrected chi connectivity index (χ1v) is 7.49. The number of hydrogen-bond donors (Lipinski definition) is 1. The van der Waals surface area contributed by atoms with E-state index in [0.717, 1.165) is 5.39 Å². The molecule has 120 valence electrons. The van der Waals surface area contributed by atoms with Gasteiger partial charge in [0.25, 0.3) is 0 Å². The summed E-state index contributed by atoms with van der Waals surface area (Å²) in [5.74, 6) is 0.403. The Kier molecular flexibility index (Phi) is 3.82. The summed E-state index contributed by atoms with van der Waals surface area (Å²) >= 11 is 0. The number of ether oxygens (including phenoxy) is 1. The van der Waals surface area contributed by atoms with E-state index >= 15 is 0 Å². The quantitative estimate of drug-likeness (QED) is 0.692. The van der Waals surface area contributed by atoms with Crippen LogP contribution in [0.3, 0.4) is 0 Å². The van der Waals surface area contributed by atoms with Crippen molar-refractivity contribution in [3.63, 3.8) is 0 Å². The van der Waals surface area contributed by atoms with E-state index in [2.05, 4.69) is 0 Å². The number of ketones is 1. The summed E-state index contributed by atoms with van der Waals surface area (Å²) in [5, 5.41) is 11.4. The van der Waals surface area contributed by atoms with Crippen molar-refractivity contribution >= 4 is 16.8 Å². The summed E-state index contributed by atoms with van der Waals surface area (Å²) in [4.78, 5) is 23.1. The predicted molar refractivity (Wildman–Crippen MR) is 85.7 cm³/mol. The Hall–Kier alpha value is -2.40. The molecule has 1 aliphatic rings. The lowest BCUT2D eigenvalue weighted by Crippen LogP contribution is -2.42. The zero-order chi connectivity index (χ0) is 16.6. The molecule has 5 heteroatoms. The molecule has 0 spiro atoms. The molecule has 0 radical (unpaired) electrons. The number of hydrogen-bond acceptors (Lipinski definition) is 5. The highest BCUT2D eigenvalue weighted by Crippen LogP contribution is 2.37. The molecule has 1 N–H and O–H groups in total. The average molecular weight is 314 g/mol. The number of aliphatic hydroxyl groups is 1. The van der Waals surface area contributed by atoms with E-state index in [1.165, 1.54) is 13.0 Å². The predicted octanol–water partition coefficient (Wildman–Crippen LogP) is 2.38. The number of carbonyl (C=O) groups excluding carboxylic acids is 1. The van der Waals surface area contributed by atoms with Crippen LogP contribution in [-0.4, -0.2) is 22.6 Å². The fraction of sp³-hybridized carbons (Fsp3) is 0.333. The Morgan fingerprint density at radius 3 is 2.91 bits per heavy atom. The number of fused-ring (bicyclic) bond motifs is 3. The van der Waals surface area contributed by atoms with Crippen LogP contribution < -0.4 is 10.4 Å². The molecule has 5 nitrogen and oxygen atoms in total. The highest BCUT2D eigenvalue weighted by molar-refractivity contribution is 5.87. The van der Waals surface area contributed by atoms with E-state index in [1.54, 1.807) is 25.1 Å². The van der Waals surface area contributed by atoms with E-state index in [1.807, 2.05) is 12.1 Å². The molecule has 2 aromatic rings. The zero-order valence-corrected chi connectivity index (χ0v) is 13.0. The molecule has 23 heavy (non-hydrogen) atoms. The maximum Gasteiger partial charge on any atom is 0.343 e. The molecule has 3 rings (SSSR count). The van der Waals surface area contributed by atoms with E-state index < -0.39 is 17.3 Å². The highest BCUT2D eigenvalue weighted by atomic mass is 16.5. The molecule has 2 heterocycles. The molecule has 1 aliphatic heterocycles. The molecule has 0 fully saturated rings. The molecule has 0 amide bonds. The third-order valence-corrected chi connectivity index (χ3v) is 4.08. The Labute approximate surface area is 133 Å². The monoisotopic (exact) mass is 314 g/mol. The van der Waals surface area contributed by atoms with Gasteiger partial charge in [-0.15, -0.1) is 0 Å². The van der Waals surface area contributed by atoms with Crippen molar-refractivity contribution in [1.29, 1.82) is 0 Å². The zero-order valence-electron chi connectivity index (χ0n) is 13.0. The number of para-hydroxylation sites is 1. The van der Waals surface area contributed by atoms with Crippen LogP contribution in [0.25, 0.3) is 11.0 Å². The van der Waals surface area contributed by atoms with Crippen LogP contribution in [-0.2, 0) is 11.2 Å². The van der Waals surface area contributed by atoms with Crippen molar-refractivity contribution in [1.82, 2.24) is 0 Å². The standard InChI is InChI=1S/C18H18O5/c1-11(19)6-5-9-18(2,21)15-10-13-16(23-15)12-7-3-4-8-14(12)22-17(13)20/h3-8,15,21H,9-10H2,1-2H3/t15-,18+/m1/s1. The Morgan fingerprint density at radius 1 is 1.43 bits per heavy atom. The maximum absolute atomic E-state index is 12.1. The van der Waals surface area contributed by atoms with Gasteiger partial charge in [0.15, 0.2) is 5.78 Å². The highest BCUT2D eigenvalue weighted by Gasteiger charge is 2.40. The molecule has 0 bridgehead atoms. The minimum atomic E-state index is -1.20. The molecular weight excluding hydrogens is 296 g/mol. The van der Waals surface area contributed by atoms with Gasteiger partial charge < -0.3 is 14.3 Å². The van der Waals surface area contributed by atoms with Gasteiger partial charge in [-0.3, -0.25) is 4.79 Å². The molecule has 2 atom stereocenters. The molecule has 0 saturated carbocycles. The lowest BCUT2D eigenvalue weighted by atomic mass is 9.92. The van der Waals surface area contributed by atoms with E-state index in [9.17, 15) is 14.7 Å². The van der Waals surface area contributed by atoms with Gasteiger partial charge in [-0.25, -0.2) is 4.79 Å². The molecule has 1 aromatic heterocycles. The molecule has 0 aliphatic carbocycles. The lowest BCUT2D eigenvalue weighted by molar-refractivity contribution is -0.112. The number of benzene rings is 1. The molecular formula is C18H18O5. The van der Waals surface area contributed by atoms with Crippen molar-refractivity contribution in [2.24, 2.45) is 0 Å². The van der Waals surface area contributed by atoms with Crippen LogP contribution in [0, 0.1) is 0 Å².